The third kappa shape index (κ3) is 3.21. The van der Waals surface area contributed by atoms with Gasteiger partial charge >= 0.3 is 0 Å². The summed E-state index contributed by atoms with van der Waals surface area (Å²) in [7, 11) is -1.79. The highest BCUT2D eigenvalue weighted by Gasteiger charge is 2.04. The van der Waals surface area contributed by atoms with Gasteiger partial charge in [-0.15, -0.1) is 0 Å². The minimum absolute atomic E-state index is 0.0564. The molecule has 0 bridgehead atoms. The van der Waals surface area contributed by atoms with Crippen molar-refractivity contribution in [1.29, 1.82) is 0 Å². The van der Waals surface area contributed by atoms with Crippen LogP contribution < -0.4 is 4.74 Å². The van der Waals surface area contributed by atoms with Crippen LogP contribution in [0.25, 0.3) is 10.8 Å². The third-order valence-electron chi connectivity index (χ3n) is 2.55. The van der Waals surface area contributed by atoms with Crippen LogP contribution in [0, 0.1) is 0 Å². The van der Waals surface area contributed by atoms with Gasteiger partial charge in [0.05, 0.1) is 20.0 Å². The summed E-state index contributed by atoms with van der Waals surface area (Å²) in [6.07, 6.45) is 1.04. The van der Waals surface area contributed by atoms with Crippen LogP contribution >= 0.6 is 0 Å². The summed E-state index contributed by atoms with van der Waals surface area (Å²) < 4.78 is 31.7. The number of methoxy groups -OCH3 is 1. The predicted octanol–water partition coefficient (Wildman–Crippen LogP) is 2.32. The minimum atomic E-state index is -3.41. The number of benzene rings is 2. The summed E-state index contributed by atoms with van der Waals surface area (Å²) in [4.78, 5) is 0. The van der Waals surface area contributed by atoms with Gasteiger partial charge in [-0.25, -0.2) is 0 Å². The molecule has 0 aliphatic carbocycles. The summed E-state index contributed by atoms with van der Waals surface area (Å²) in [6, 6.07) is 11.4. The second kappa shape index (κ2) is 4.96. The average Bonchev–Trinajstić information content (AvgIpc) is 2.34. The van der Waals surface area contributed by atoms with Crippen LogP contribution in [0.15, 0.2) is 36.4 Å². The van der Waals surface area contributed by atoms with Crippen molar-refractivity contribution >= 4 is 20.9 Å². The van der Waals surface area contributed by atoms with Crippen LogP contribution in [-0.2, 0) is 20.9 Å². The number of hydrogen-bond acceptors (Lipinski definition) is 4. The maximum atomic E-state index is 10.9. The molecular formula is C13H14O4S. The van der Waals surface area contributed by atoms with Crippen molar-refractivity contribution in [1.82, 2.24) is 0 Å². The average molecular weight is 266 g/mol. The van der Waals surface area contributed by atoms with E-state index in [9.17, 15) is 8.42 Å². The molecule has 0 heterocycles. The molecule has 0 saturated heterocycles. The quantitative estimate of drug-likeness (QED) is 0.797. The van der Waals surface area contributed by atoms with Crippen molar-refractivity contribution in [2.24, 2.45) is 0 Å². The van der Waals surface area contributed by atoms with Crippen LogP contribution in [0.3, 0.4) is 0 Å². The molecule has 0 unspecified atom stereocenters. The van der Waals surface area contributed by atoms with Crippen LogP contribution in [0.2, 0.25) is 0 Å². The first kappa shape index (κ1) is 12.9. The maximum Gasteiger partial charge on any atom is 0.264 e. The maximum absolute atomic E-state index is 10.9. The first-order valence-corrected chi connectivity index (χ1v) is 7.21. The Bertz CT molecular complexity index is 662. The van der Waals surface area contributed by atoms with Gasteiger partial charge in [0.25, 0.3) is 10.1 Å². The fourth-order valence-corrected chi connectivity index (χ4v) is 2.02. The SMILES string of the molecule is COc1ccc2cc(COS(C)(=O)=O)ccc2c1. The molecule has 0 aromatic heterocycles. The molecule has 5 heteroatoms. The Morgan fingerprint density at radius 3 is 2.39 bits per heavy atom. The Hall–Kier alpha value is -1.59. The first-order chi connectivity index (χ1) is 8.48. The van der Waals surface area contributed by atoms with Gasteiger partial charge in [-0.2, -0.15) is 8.42 Å². The van der Waals surface area contributed by atoms with Gasteiger partial charge in [0.1, 0.15) is 5.75 Å². The second-order valence-corrected chi connectivity index (χ2v) is 5.66. The molecule has 0 atom stereocenters. The van der Waals surface area contributed by atoms with E-state index in [1.165, 1.54) is 0 Å². The molecule has 0 spiro atoms. The fraction of sp³-hybridized carbons (Fsp3) is 0.231. The van der Waals surface area contributed by atoms with Crippen LogP contribution in [0.5, 0.6) is 5.75 Å². The topological polar surface area (TPSA) is 52.6 Å². The molecule has 0 saturated carbocycles. The molecule has 0 aliphatic rings. The van der Waals surface area contributed by atoms with E-state index in [2.05, 4.69) is 0 Å². The monoisotopic (exact) mass is 266 g/mol. The standard InChI is InChI=1S/C13H14O4S/c1-16-13-6-5-11-7-10(3-4-12(11)8-13)9-17-18(2,14)15/h3-8H,9H2,1-2H3. The van der Waals surface area contributed by atoms with E-state index in [-0.39, 0.29) is 6.61 Å². The molecule has 2 rings (SSSR count). The second-order valence-electron chi connectivity index (χ2n) is 4.01. The Balaban J connectivity index is 2.28. The van der Waals surface area contributed by atoms with Gasteiger partial charge in [0, 0.05) is 0 Å². The van der Waals surface area contributed by atoms with Gasteiger partial charge in [-0.3, -0.25) is 4.18 Å². The molecule has 2 aromatic carbocycles. The van der Waals surface area contributed by atoms with Gasteiger partial charge < -0.3 is 4.74 Å². The van der Waals surface area contributed by atoms with Crippen LogP contribution in [-0.4, -0.2) is 21.8 Å². The normalized spacial score (nSPS) is 11.7. The lowest BCUT2D eigenvalue weighted by Gasteiger charge is -2.05. The predicted molar refractivity (Wildman–Crippen MR) is 70.1 cm³/mol. The highest BCUT2D eigenvalue weighted by molar-refractivity contribution is 7.85. The van der Waals surface area contributed by atoms with E-state index in [0.29, 0.717) is 0 Å². The largest absolute Gasteiger partial charge is 0.497 e. The third-order valence-corrected chi connectivity index (χ3v) is 3.10. The molecule has 0 N–H and O–H groups in total. The number of fused-ring (bicyclic) bond motifs is 1. The highest BCUT2D eigenvalue weighted by atomic mass is 32.2. The van der Waals surface area contributed by atoms with Gasteiger partial charge in [0.15, 0.2) is 0 Å². The highest BCUT2D eigenvalue weighted by Crippen LogP contribution is 2.22. The summed E-state index contributed by atoms with van der Waals surface area (Å²) in [5.41, 5.74) is 0.818. The zero-order chi connectivity index (χ0) is 13.2. The molecule has 0 fully saturated rings. The summed E-state index contributed by atoms with van der Waals surface area (Å²) in [6.45, 7) is 0.0564. The summed E-state index contributed by atoms with van der Waals surface area (Å²) in [5, 5.41) is 2.06. The molecule has 0 aliphatic heterocycles. The Kier molecular flexibility index (Phi) is 3.54. The van der Waals surface area contributed by atoms with Crippen molar-refractivity contribution in [3.05, 3.63) is 42.0 Å². The summed E-state index contributed by atoms with van der Waals surface area (Å²) >= 11 is 0. The van der Waals surface area contributed by atoms with E-state index < -0.39 is 10.1 Å². The number of ether oxygens (including phenoxy) is 1. The molecule has 18 heavy (non-hydrogen) atoms. The first-order valence-electron chi connectivity index (χ1n) is 5.39. The molecular weight excluding hydrogens is 252 g/mol. The number of hydrogen-bond donors (Lipinski definition) is 0. The van der Waals surface area contributed by atoms with Crippen LogP contribution in [0.1, 0.15) is 5.56 Å². The molecule has 0 amide bonds. The molecule has 4 nitrogen and oxygen atoms in total. The van der Waals surface area contributed by atoms with Crippen molar-refractivity contribution in [2.45, 2.75) is 6.61 Å². The smallest absolute Gasteiger partial charge is 0.264 e. The Labute approximate surface area is 106 Å². The van der Waals surface area contributed by atoms with Gasteiger partial charge in [-0.05, 0) is 34.5 Å². The zero-order valence-corrected chi connectivity index (χ0v) is 11.0. The van der Waals surface area contributed by atoms with Gasteiger partial charge in [-0.1, -0.05) is 18.2 Å². The lowest BCUT2D eigenvalue weighted by Crippen LogP contribution is -2.02. The van der Waals surface area contributed by atoms with Crippen molar-refractivity contribution in [3.63, 3.8) is 0 Å². The minimum Gasteiger partial charge on any atom is -0.497 e. The summed E-state index contributed by atoms with van der Waals surface area (Å²) in [5.74, 6) is 0.794. The van der Waals surface area contributed by atoms with Crippen LogP contribution in [0.4, 0.5) is 0 Å². The molecule has 96 valence electrons. The van der Waals surface area contributed by atoms with E-state index in [0.717, 1.165) is 28.3 Å². The Morgan fingerprint density at radius 2 is 1.72 bits per heavy atom. The number of rotatable bonds is 4. The fourth-order valence-electron chi connectivity index (χ4n) is 1.67. The van der Waals surface area contributed by atoms with Crippen molar-refractivity contribution in [3.8, 4) is 5.75 Å². The van der Waals surface area contributed by atoms with Crippen molar-refractivity contribution in [2.75, 3.05) is 13.4 Å². The van der Waals surface area contributed by atoms with E-state index in [4.69, 9.17) is 8.92 Å². The van der Waals surface area contributed by atoms with E-state index >= 15 is 0 Å². The zero-order valence-electron chi connectivity index (χ0n) is 10.2. The lowest BCUT2D eigenvalue weighted by molar-refractivity contribution is 0.312. The van der Waals surface area contributed by atoms with E-state index in [1.807, 2.05) is 36.4 Å². The molecule has 0 radical (unpaired) electrons. The molecule has 2 aromatic rings. The lowest BCUT2D eigenvalue weighted by atomic mass is 10.1. The Morgan fingerprint density at radius 1 is 1.06 bits per heavy atom. The van der Waals surface area contributed by atoms with Crippen molar-refractivity contribution < 1.29 is 17.3 Å². The van der Waals surface area contributed by atoms with Gasteiger partial charge in [0.2, 0.25) is 0 Å². The van der Waals surface area contributed by atoms with E-state index in [1.54, 1.807) is 7.11 Å².